The van der Waals surface area contributed by atoms with E-state index in [0.717, 1.165) is 25.6 Å². The highest BCUT2D eigenvalue weighted by Crippen LogP contribution is 2.27. The summed E-state index contributed by atoms with van der Waals surface area (Å²) in [4.78, 5) is 26.9. The van der Waals surface area contributed by atoms with Crippen LogP contribution in [-0.4, -0.2) is 38.0 Å². The summed E-state index contributed by atoms with van der Waals surface area (Å²) in [6.07, 6.45) is 0.324. The molecule has 0 radical (unpaired) electrons. The number of ketones is 1. The van der Waals surface area contributed by atoms with E-state index in [1.165, 1.54) is 0 Å². The van der Waals surface area contributed by atoms with Gasteiger partial charge in [-0.1, -0.05) is 76.0 Å². The second-order valence-electron chi connectivity index (χ2n) is 10.4. The van der Waals surface area contributed by atoms with Gasteiger partial charge in [-0.05, 0) is 85.7 Å². The number of carbonyl (C=O) groups excluding carboxylic acids is 2. The Morgan fingerprint density at radius 3 is 2.12 bits per heavy atom. The maximum absolute atomic E-state index is 13.7. The quantitative estimate of drug-likeness (QED) is 0.213. The molecule has 0 bridgehead atoms. The molecule has 40 heavy (non-hydrogen) atoms. The van der Waals surface area contributed by atoms with Crippen molar-refractivity contribution in [3.63, 3.8) is 0 Å². The molecule has 0 spiro atoms. The summed E-state index contributed by atoms with van der Waals surface area (Å²) in [7, 11) is -3.79. The van der Waals surface area contributed by atoms with E-state index in [0.29, 0.717) is 12.2 Å². The lowest BCUT2D eigenvalue weighted by molar-refractivity contribution is -0.129. The predicted octanol–water partition coefficient (Wildman–Crippen LogP) is 6.78. The zero-order valence-corrected chi connectivity index (χ0v) is 27.1. The molecule has 3 aromatic carbocycles. The fourth-order valence-corrected chi connectivity index (χ4v) is 7.21. The molecule has 2 atom stereocenters. The van der Waals surface area contributed by atoms with E-state index in [1.54, 1.807) is 24.3 Å². The van der Waals surface area contributed by atoms with Crippen molar-refractivity contribution in [1.82, 2.24) is 5.32 Å². The molecule has 0 heterocycles. The van der Waals surface area contributed by atoms with Gasteiger partial charge in [0.05, 0.1) is 16.2 Å². The number of para-hydroxylation sites is 1. The van der Waals surface area contributed by atoms with Crippen LogP contribution in [0, 0.1) is 19.8 Å². The van der Waals surface area contributed by atoms with E-state index in [2.05, 4.69) is 37.2 Å². The number of hydrogen-bond donors (Lipinski definition) is 1. The lowest BCUT2D eigenvalue weighted by Crippen LogP contribution is -2.46. The van der Waals surface area contributed by atoms with Gasteiger partial charge < -0.3 is 10.1 Å². The minimum absolute atomic E-state index is 0.0481. The van der Waals surface area contributed by atoms with Crippen LogP contribution in [0.25, 0.3) is 0 Å². The molecule has 214 valence electrons. The van der Waals surface area contributed by atoms with Crippen molar-refractivity contribution in [3.05, 3.63) is 92.4 Å². The summed E-state index contributed by atoms with van der Waals surface area (Å²) in [6, 6.07) is 18.7. The Labute approximate surface area is 254 Å². The summed E-state index contributed by atoms with van der Waals surface area (Å²) >= 11 is 6.79. The third-order valence-corrected chi connectivity index (χ3v) is 9.74. The van der Waals surface area contributed by atoms with Crippen LogP contribution in [0.3, 0.4) is 0 Å². The Bertz CT molecular complexity index is 1420. The van der Waals surface area contributed by atoms with Crippen LogP contribution in [-0.2, 0) is 25.8 Å². The summed E-state index contributed by atoms with van der Waals surface area (Å²) in [5, 5.41) is 1.90. The molecule has 6 nitrogen and oxygen atoms in total. The molecule has 1 unspecified atom stereocenters. The van der Waals surface area contributed by atoms with Crippen LogP contribution in [0.5, 0.6) is 5.75 Å². The minimum Gasteiger partial charge on any atom is -0.483 e. The number of aryl methyl sites for hydroxylation is 2. The first-order valence-corrected chi connectivity index (χ1v) is 16.2. The fraction of sp³-hybridized carbons (Fsp3) is 0.355. The SMILES string of the molecule is Cc1cccc(C)c1OCC(=O)N[C@@H](Cc1cccc(Br)c1)C(=O)CC(CC(C)C)S(=O)(=O)c1ccc(Br)cc1. The van der Waals surface area contributed by atoms with E-state index >= 15 is 0 Å². The van der Waals surface area contributed by atoms with Crippen LogP contribution < -0.4 is 10.1 Å². The predicted molar refractivity (Wildman–Crippen MR) is 165 cm³/mol. The summed E-state index contributed by atoms with van der Waals surface area (Å²) in [6.45, 7) is 7.40. The van der Waals surface area contributed by atoms with E-state index < -0.39 is 27.0 Å². The molecule has 0 aliphatic heterocycles. The van der Waals surface area contributed by atoms with Gasteiger partial charge in [-0.25, -0.2) is 8.42 Å². The molecular weight excluding hydrogens is 658 g/mol. The molecule has 0 fully saturated rings. The van der Waals surface area contributed by atoms with Gasteiger partial charge in [0, 0.05) is 15.4 Å². The molecule has 0 aliphatic carbocycles. The number of ether oxygens (including phenoxy) is 1. The van der Waals surface area contributed by atoms with Gasteiger partial charge in [-0.3, -0.25) is 9.59 Å². The zero-order valence-electron chi connectivity index (χ0n) is 23.1. The average Bonchev–Trinajstić information content (AvgIpc) is 2.87. The smallest absolute Gasteiger partial charge is 0.258 e. The molecule has 1 amide bonds. The first-order chi connectivity index (χ1) is 18.9. The van der Waals surface area contributed by atoms with E-state index in [-0.39, 0.29) is 36.0 Å². The molecule has 3 aromatic rings. The molecule has 0 aliphatic rings. The standard InChI is InChI=1S/C31H35Br2NO5S/c1-20(2)15-27(40(37,38)26-13-11-24(32)12-14-26)18-29(35)28(17-23-9-6-10-25(33)16-23)34-30(36)19-39-31-21(3)7-5-8-22(31)4/h5-14,16,20,27-28H,15,17-19H2,1-4H3,(H,34,36)/t27?,28-/m0/s1. The number of Topliss-reactive ketones (excluding diaryl/α,β-unsaturated/α-hetero) is 1. The van der Waals surface area contributed by atoms with Gasteiger partial charge in [0.25, 0.3) is 5.91 Å². The van der Waals surface area contributed by atoms with Crippen molar-refractivity contribution in [3.8, 4) is 5.75 Å². The molecule has 0 aromatic heterocycles. The average molecular weight is 693 g/mol. The van der Waals surface area contributed by atoms with Crippen molar-refractivity contribution in [2.24, 2.45) is 5.92 Å². The number of carbonyl (C=O) groups is 2. The van der Waals surface area contributed by atoms with Crippen molar-refractivity contribution in [1.29, 1.82) is 0 Å². The van der Waals surface area contributed by atoms with E-state index in [1.807, 2.05) is 70.2 Å². The van der Waals surface area contributed by atoms with Crippen molar-refractivity contribution >= 4 is 53.4 Å². The molecule has 9 heteroatoms. The number of rotatable bonds is 13. The highest BCUT2D eigenvalue weighted by atomic mass is 79.9. The Morgan fingerprint density at radius 1 is 0.900 bits per heavy atom. The maximum atomic E-state index is 13.7. The Morgan fingerprint density at radius 2 is 1.52 bits per heavy atom. The molecular formula is C31H35Br2NO5S. The van der Waals surface area contributed by atoms with Crippen LogP contribution in [0.4, 0.5) is 0 Å². The topological polar surface area (TPSA) is 89.5 Å². The summed E-state index contributed by atoms with van der Waals surface area (Å²) in [5.41, 5.74) is 2.65. The van der Waals surface area contributed by atoms with E-state index in [4.69, 9.17) is 4.74 Å². The third kappa shape index (κ3) is 9.01. The highest BCUT2D eigenvalue weighted by Gasteiger charge is 2.33. The molecule has 1 N–H and O–H groups in total. The van der Waals surface area contributed by atoms with Gasteiger partial charge in [0.1, 0.15) is 5.75 Å². The normalized spacial score (nSPS) is 13.1. The highest BCUT2D eigenvalue weighted by molar-refractivity contribution is 9.10. The number of amides is 1. The molecule has 0 saturated heterocycles. The Hall–Kier alpha value is -2.49. The largest absolute Gasteiger partial charge is 0.483 e. The van der Waals surface area contributed by atoms with Crippen LogP contribution in [0.2, 0.25) is 0 Å². The lowest BCUT2D eigenvalue weighted by Gasteiger charge is -2.23. The summed E-state index contributed by atoms with van der Waals surface area (Å²) in [5.74, 6) is -0.115. The fourth-order valence-electron chi connectivity index (χ4n) is 4.57. The van der Waals surface area contributed by atoms with Crippen LogP contribution in [0.15, 0.2) is 80.6 Å². The second kappa shape index (κ2) is 14.4. The number of hydrogen-bond acceptors (Lipinski definition) is 5. The third-order valence-electron chi connectivity index (χ3n) is 6.55. The monoisotopic (exact) mass is 691 g/mol. The van der Waals surface area contributed by atoms with Gasteiger partial charge in [0.2, 0.25) is 0 Å². The Balaban J connectivity index is 1.84. The first kappa shape index (κ1) is 32.0. The molecule has 0 saturated carbocycles. The van der Waals surface area contributed by atoms with Gasteiger partial charge in [-0.2, -0.15) is 0 Å². The second-order valence-corrected chi connectivity index (χ2v) is 14.4. The van der Waals surface area contributed by atoms with Gasteiger partial charge >= 0.3 is 0 Å². The summed E-state index contributed by atoms with van der Waals surface area (Å²) < 4.78 is 34.6. The van der Waals surface area contributed by atoms with Crippen molar-refractivity contribution in [2.45, 2.75) is 63.1 Å². The van der Waals surface area contributed by atoms with Gasteiger partial charge in [-0.15, -0.1) is 0 Å². The number of sulfone groups is 1. The number of nitrogens with one attached hydrogen (secondary N) is 1. The minimum atomic E-state index is -3.79. The lowest BCUT2D eigenvalue weighted by atomic mass is 9.97. The van der Waals surface area contributed by atoms with E-state index in [9.17, 15) is 18.0 Å². The first-order valence-electron chi connectivity index (χ1n) is 13.1. The van der Waals surface area contributed by atoms with Gasteiger partial charge in [0.15, 0.2) is 22.2 Å². The molecule has 3 rings (SSSR count). The zero-order chi connectivity index (χ0) is 29.4. The van der Waals surface area contributed by atoms with Crippen LogP contribution in [0.1, 0.15) is 43.4 Å². The van der Waals surface area contributed by atoms with Crippen molar-refractivity contribution in [2.75, 3.05) is 6.61 Å². The maximum Gasteiger partial charge on any atom is 0.258 e. The Kier molecular flexibility index (Phi) is 11.5. The number of benzene rings is 3. The van der Waals surface area contributed by atoms with Crippen LogP contribution >= 0.6 is 31.9 Å². The van der Waals surface area contributed by atoms with Crippen molar-refractivity contribution < 1.29 is 22.7 Å². The number of halogens is 2.